The first-order valence-electron chi connectivity index (χ1n) is 8.93. The number of ether oxygens (including phenoxy) is 1. The molecule has 2 atom stereocenters. The molecule has 3 amide bonds. The Morgan fingerprint density at radius 2 is 1.79 bits per heavy atom. The predicted molar refractivity (Wildman–Crippen MR) is 94.4 cm³/mol. The average Bonchev–Trinajstić information content (AvgIpc) is 3.27. The Hall–Kier alpha value is -3.23. The number of carbonyl (C=O) groups excluding carboxylic acids is 4. The summed E-state index contributed by atoms with van der Waals surface area (Å²) in [5.74, 6) is -3.66. The summed E-state index contributed by atoms with van der Waals surface area (Å²) in [6.07, 6.45) is 0.688. The third-order valence-corrected chi connectivity index (χ3v) is 5.10. The van der Waals surface area contributed by atoms with E-state index in [1.807, 2.05) is 0 Å². The van der Waals surface area contributed by atoms with Gasteiger partial charge in [0.15, 0.2) is 0 Å². The summed E-state index contributed by atoms with van der Waals surface area (Å²) in [4.78, 5) is 63.2. The van der Waals surface area contributed by atoms with Gasteiger partial charge in [-0.1, -0.05) is 12.1 Å². The van der Waals surface area contributed by atoms with Crippen LogP contribution in [0.2, 0.25) is 0 Å². The van der Waals surface area contributed by atoms with Gasteiger partial charge in [-0.15, -0.1) is 0 Å². The number of carboxylic acids is 1. The van der Waals surface area contributed by atoms with E-state index in [9.17, 15) is 29.1 Å². The van der Waals surface area contributed by atoms with E-state index in [1.165, 1.54) is 24.1 Å². The van der Waals surface area contributed by atoms with Gasteiger partial charge in [0.25, 0.3) is 11.8 Å². The van der Waals surface area contributed by atoms with E-state index in [-0.39, 0.29) is 24.0 Å². The van der Waals surface area contributed by atoms with Crippen LogP contribution in [-0.2, 0) is 19.1 Å². The van der Waals surface area contributed by atoms with Gasteiger partial charge in [0.2, 0.25) is 5.91 Å². The molecule has 2 heterocycles. The van der Waals surface area contributed by atoms with Crippen LogP contribution in [0, 0.1) is 0 Å². The van der Waals surface area contributed by atoms with Crippen LogP contribution in [-0.4, -0.2) is 70.3 Å². The zero-order chi connectivity index (χ0) is 20.4. The number of methoxy groups -OCH3 is 1. The standard InChI is InChI=1S/C19H20N2O7/c1-28-19(27)14-7-4-10-20(14)15(22)9-8-13(18(25)26)21-16(23)11-5-2-3-6-12(11)17(21)24/h2-3,5-6,13-14H,4,7-10H2,1H3,(H,25,26)/t13?,14-/m0/s1. The molecule has 28 heavy (non-hydrogen) atoms. The molecule has 148 valence electrons. The summed E-state index contributed by atoms with van der Waals surface area (Å²) in [7, 11) is 1.24. The molecular weight excluding hydrogens is 368 g/mol. The van der Waals surface area contributed by atoms with Crippen LogP contribution in [0.25, 0.3) is 0 Å². The second kappa shape index (κ2) is 7.79. The summed E-state index contributed by atoms with van der Waals surface area (Å²) in [5, 5.41) is 9.56. The van der Waals surface area contributed by atoms with Crippen molar-refractivity contribution >= 4 is 29.7 Å². The summed E-state index contributed by atoms with van der Waals surface area (Å²) in [5.41, 5.74) is 0.297. The molecule has 2 aliphatic heterocycles. The van der Waals surface area contributed by atoms with Gasteiger partial charge < -0.3 is 14.7 Å². The Bertz CT molecular complexity index is 815. The maximum absolute atomic E-state index is 12.5. The maximum Gasteiger partial charge on any atom is 0.328 e. The normalized spacial score (nSPS) is 19.5. The van der Waals surface area contributed by atoms with Gasteiger partial charge in [0.05, 0.1) is 18.2 Å². The molecule has 0 radical (unpaired) electrons. The zero-order valence-corrected chi connectivity index (χ0v) is 15.3. The number of imide groups is 1. The highest BCUT2D eigenvalue weighted by atomic mass is 16.5. The van der Waals surface area contributed by atoms with Gasteiger partial charge in [-0.2, -0.15) is 0 Å². The van der Waals surface area contributed by atoms with Crippen molar-refractivity contribution in [3.63, 3.8) is 0 Å². The molecule has 0 saturated carbocycles. The van der Waals surface area contributed by atoms with Crippen LogP contribution in [0.3, 0.4) is 0 Å². The Morgan fingerprint density at radius 3 is 2.32 bits per heavy atom. The molecule has 1 saturated heterocycles. The number of rotatable bonds is 6. The summed E-state index contributed by atoms with van der Waals surface area (Å²) in [6, 6.07) is 3.96. The minimum Gasteiger partial charge on any atom is -0.480 e. The lowest BCUT2D eigenvalue weighted by molar-refractivity contribution is -0.151. The van der Waals surface area contributed by atoms with E-state index in [0.717, 1.165) is 0 Å². The first-order chi connectivity index (χ1) is 13.4. The Morgan fingerprint density at radius 1 is 1.18 bits per heavy atom. The minimum atomic E-state index is -1.46. The highest BCUT2D eigenvalue weighted by Gasteiger charge is 2.43. The van der Waals surface area contributed by atoms with Gasteiger partial charge in [-0.05, 0) is 31.4 Å². The number of amides is 3. The molecule has 1 aromatic rings. The molecule has 2 aliphatic rings. The highest BCUT2D eigenvalue weighted by molar-refractivity contribution is 6.22. The van der Waals surface area contributed by atoms with Crippen LogP contribution in [0.15, 0.2) is 24.3 Å². The molecule has 0 aromatic heterocycles. The molecule has 1 aromatic carbocycles. The van der Waals surface area contributed by atoms with Crippen LogP contribution in [0.1, 0.15) is 46.4 Å². The van der Waals surface area contributed by atoms with Crippen LogP contribution < -0.4 is 0 Å². The quantitative estimate of drug-likeness (QED) is 0.562. The van der Waals surface area contributed by atoms with Crippen molar-refractivity contribution in [1.82, 2.24) is 9.80 Å². The van der Waals surface area contributed by atoms with E-state index < -0.39 is 41.7 Å². The van der Waals surface area contributed by atoms with Crippen LogP contribution in [0.4, 0.5) is 0 Å². The molecule has 9 nitrogen and oxygen atoms in total. The number of fused-ring (bicyclic) bond motifs is 1. The van der Waals surface area contributed by atoms with E-state index in [0.29, 0.717) is 24.3 Å². The van der Waals surface area contributed by atoms with Crippen molar-refractivity contribution in [2.75, 3.05) is 13.7 Å². The van der Waals surface area contributed by atoms with Crippen molar-refractivity contribution in [2.45, 2.75) is 37.8 Å². The monoisotopic (exact) mass is 388 g/mol. The molecule has 0 bridgehead atoms. The van der Waals surface area contributed by atoms with E-state index in [2.05, 4.69) is 0 Å². The van der Waals surface area contributed by atoms with Gasteiger partial charge >= 0.3 is 11.9 Å². The molecule has 9 heteroatoms. The molecule has 0 aliphatic carbocycles. The summed E-state index contributed by atoms with van der Waals surface area (Å²) in [6.45, 7) is 0.378. The van der Waals surface area contributed by atoms with Crippen molar-refractivity contribution in [3.8, 4) is 0 Å². The molecule has 1 fully saturated rings. The summed E-state index contributed by atoms with van der Waals surface area (Å²) >= 11 is 0. The number of hydrogen-bond donors (Lipinski definition) is 1. The summed E-state index contributed by atoms with van der Waals surface area (Å²) < 4.78 is 4.70. The topological polar surface area (TPSA) is 121 Å². The number of carbonyl (C=O) groups is 5. The van der Waals surface area contributed by atoms with E-state index in [1.54, 1.807) is 12.1 Å². The van der Waals surface area contributed by atoms with E-state index >= 15 is 0 Å². The van der Waals surface area contributed by atoms with Crippen molar-refractivity contribution < 1.29 is 33.8 Å². The Labute approximate surface area is 160 Å². The first-order valence-corrected chi connectivity index (χ1v) is 8.93. The van der Waals surface area contributed by atoms with Crippen molar-refractivity contribution in [2.24, 2.45) is 0 Å². The minimum absolute atomic E-state index is 0.148. The average molecular weight is 388 g/mol. The fourth-order valence-corrected chi connectivity index (χ4v) is 3.70. The number of likely N-dealkylation sites (tertiary alicyclic amines) is 1. The fourth-order valence-electron chi connectivity index (χ4n) is 3.70. The van der Waals surface area contributed by atoms with Crippen LogP contribution >= 0.6 is 0 Å². The molecule has 3 rings (SSSR count). The number of hydrogen-bond acceptors (Lipinski definition) is 6. The first kappa shape index (κ1) is 19.5. The van der Waals surface area contributed by atoms with Gasteiger partial charge in [0.1, 0.15) is 12.1 Å². The molecule has 1 N–H and O–H groups in total. The Kier molecular flexibility index (Phi) is 5.43. The predicted octanol–water partition coefficient (Wildman–Crippen LogP) is 0.680. The third kappa shape index (κ3) is 3.35. The lowest BCUT2D eigenvalue weighted by Crippen LogP contribution is -2.46. The number of aliphatic carboxylic acids is 1. The Balaban J connectivity index is 1.72. The molecule has 0 spiro atoms. The van der Waals surface area contributed by atoms with Gasteiger partial charge in [-0.25, -0.2) is 9.59 Å². The molecule has 1 unspecified atom stereocenters. The highest BCUT2D eigenvalue weighted by Crippen LogP contribution is 2.27. The number of esters is 1. The van der Waals surface area contributed by atoms with Crippen molar-refractivity contribution in [1.29, 1.82) is 0 Å². The zero-order valence-electron chi connectivity index (χ0n) is 15.3. The van der Waals surface area contributed by atoms with Gasteiger partial charge in [-0.3, -0.25) is 19.3 Å². The van der Waals surface area contributed by atoms with E-state index in [4.69, 9.17) is 4.74 Å². The second-order valence-corrected chi connectivity index (χ2v) is 6.69. The van der Waals surface area contributed by atoms with Gasteiger partial charge in [0, 0.05) is 13.0 Å². The van der Waals surface area contributed by atoms with Crippen LogP contribution in [0.5, 0.6) is 0 Å². The maximum atomic E-state index is 12.5. The second-order valence-electron chi connectivity index (χ2n) is 6.69. The smallest absolute Gasteiger partial charge is 0.328 e. The largest absolute Gasteiger partial charge is 0.480 e. The lowest BCUT2D eigenvalue weighted by atomic mass is 10.1. The lowest BCUT2D eigenvalue weighted by Gasteiger charge is -2.25. The number of carboxylic acid groups (broad SMARTS) is 1. The fraction of sp³-hybridized carbons (Fsp3) is 0.421. The SMILES string of the molecule is COC(=O)[C@@H]1CCCN1C(=O)CCC(C(=O)O)N1C(=O)c2ccccc2C1=O. The number of benzene rings is 1. The molecular formula is C19H20N2O7. The third-order valence-electron chi connectivity index (χ3n) is 5.10. The van der Waals surface area contributed by atoms with Crippen molar-refractivity contribution in [3.05, 3.63) is 35.4 Å². The number of nitrogens with zero attached hydrogens (tertiary/aromatic N) is 2.